The van der Waals surface area contributed by atoms with Gasteiger partial charge in [-0.3, -0.25) is 0 Å². The summed E-state index contributed by atoms with van der Waals surface area (Å²) in [6.07, 6.45) is 2.91. The van der Waals surface area contributed by atoms with E-state index in [2.05, 4.69) is 4.99 Å². The molecule has 0 unspecified atom stereocenters. The third-order valence-electron chi connectivity index (χ3n) is 3.18. The Labute approximate surface area is 124 Å². The average molecular weight is 316 g/mol. The van der Waals surface area contributed by atoms with Crippen LogP contribution < -0.4 is 5.73 Å². The fourth-order valence-electron chi connectivity index (χ4n) is 2.16. The van der Waals surface area contributed by atoms with Crippen molar-refractivity contribution in [1.82, 2.24) is 4.31 Å². The Morgan fingerprint density at radius 2 is 2.00 bits per heavy atom. The molecule has 0 amide bonds. The van der Waals surface area contributed by atoms with Gasteiger partial charge in [0.15, 0.2) is 0 Å². The summed E-state index contributed by atoms with van der Waals surface area (Å²) in [5.74, 6) is 0.377. The largest absolute Gasteiger partial charge is 0.386 e. The van der Waals surface area contributed by atoms with Gasteiger partial charge in [0.05, 0.1) is 16.5 Å². The molecule has 1 saturated heterocycles. The highest BCUT2D eigenvalue weighted by Crippen LogP contribution is 2.23. The molecule has 2 rings (SSSR count). The zero-order chi connectivity index (χ0) is 14.6. The van der Waals surface area contributed by atoms with Gasteiger partial charge < -0.3 is 5.73 Å². The van der Waals surface area contributed by atoms with Crippen LogP contribution in [0.4, 0.5) is 5.69 Å². The first-order valence-corrected chi connectivity index (χ1v) is 8.51. The van der Waals surface area contributed by atoms with Gasteiger partial charge in [0.2, 0.25) is 10.0 Å². The molecule has 5 nitrogen and oxygen atoms in total. The van der Waals surface area contributed by atoms with E-state index in [0.717, 1.165) is 19.3 Å². The van der Waals surface area contributed by atoms with Crippen LogP contribution in [0.25, 0.3) is 0 Å². The van der Waals surface area contributed by atoms with E-state index in [0.29, 0.717) is 18.8 Å². The van der Waals surface area contributed by atoms with E-state index < -0.39 is 10.0 Å². The minimum Gasteiger partial charge on any atom is -0.386 e. The molecule has 1 aliphatic rings. The lowest BCUT2D eigenvalue weighted by Gasteiger charge is -2.25. The van der Waals surface area contributed by atoms with Crippen molar-refractivity contribution in [2.45, 2.75) is 24.2 Å². The Kier molecular flexibility index (Phi) is 5.01. The Morgan fingerprint density at radius 3 is 2.65 bits per heavy atom. The summed E-state index contributed by atoms with van der Waals surface area (Å²) >= 11 is 5.57. The predicted molar refractivity (Wildman–Crippen MR) is 81.1 cm³/mol. The lowest BCUT2D eigenvalue weighted by Crippen LogP contribution is -2.35. The third kappa shape index (κ3) is 3.50. The van der Waals surface area contributed by atoms with Crippen LogP contribution in [0.3, 0.4) is 0 Å². The van der Waals surface area contributed by atoms with Gasteiger partial charge in [-0.05, 0) is 31.0 Å². The molecule has 110 valence electrons. The summed E-state index contributed by atoms with van der Waals surface area (Å²) in [5.41, 5.74) is 6.07. The fraction of sp³-hybridized carbons (Fsp3) is 0.462. The molecule has 0 aromatic heterocycles. The Hall–Kier alpha value is -1.11. The number of aliphatic imine (C=N–C) groups is 1. The maximum absolute atomic E-state index is 12.5. The number of halogens is 1. The number of nitrogens with zero attached hydrogens (tertiary/aromatic N) is 2. The number of amidine groups is 1. The van der Waals surface area contributed by atoms with Crippen LogP contribution in [0.2, 0.25) is 0 Å². The number of piperidine rings is 1. The lowest BCUT2D eigenvalue weighted by molar-refractivity contribution is 0.346. The highest BCUT2D eigenvalue weighted by molar-refractivity contribution is 7.89. The van der Waals surface area contributed by atoms with Crippen molar-refractivity contribution in [2.24, 2.45) is 10.7 Å². The predicted octanol–water partition coefficient (Wildman–Crippen LogP) is 2.09. The Bertz CT molecular complexity index is 595. The van der Waals surface area contributed by atoms with Gasteiger partial charge in [0.25, 0.3) is 0 Å². The van der Waals surface area contributed by atoms with Crippen molar-refractivity contribution in [3.8, 4) is 0 Å². The number of hydrogen-bond donors (Lipinski definition) is 1. The summed E-state index contributed by atoms with van der Waals surface area (Å²) in [5, 5.41) is 0. The molecule has 2 N–H and O–H groups in total. The van der Waals surface area contributed by atoms with Crippen LogP contribution in [0.5, 0.6) is 0 Å². The molecule has 1 aromatic rings. The molecule has 0 saturated carbocycles. The SMILES string of the molecule is NC(CCl)=Nc1cccc(S(=O)(=O)N2CCCCC2)c1. The van der Waals surface area contributed by atoms with Crippen LogP contribution in [0.15, 0.2) is 34.2 Å². The first kappa shape index (κ1) is 15.3. The topological polar surface area (TPSA) is 75.8 Å². The van der Waals surface area contributed by atoms with Gasteiger partial charge in [0, 0.05) is 13.1 Å². The molecule has 1 aromatic carbocycles. The van der Waals surface area contributed by atoms with Gasteiger partial charge in [-0.1, -0.05) is 12.5 Å². The minimum atomic E-state index is -3.44. The normalized spacial score (nSPS) is 18.1. The van der Waals surface area contributed by atoms with Gasteiger partial charge in [-0.2, -0.15) is 4.31 Å². The zero-order valence-electron chi connectivity index (χ0n) is 11.1. The van der Waals surface area contributed by atoms with Crippen LogP contribution in [-0.4, -0.2) is 37.5 Å². The number of nitrogens with two attached hydrogens (primary N) is 1. The smallest absolute Gasteiger partial charge is 0.243 e. The van der Waals surface area contributed by atoms with Gasteiger partial charge in [-0.25, -0.2) is 13.4 Å². The second kappa shape index (κ2) is 6.56. The quantitative estimate of drug-likeness (QED) is 0.525. The maximum atomic E-state index is 12.5. The van der Waals surface area contributed by atoms with Crippen LogP contribution in [0.1, 0.15) is 19.3 Å². The van der Waals surface area contributed by atoms with Crippen molar-refractivity contribution in [3.05, 3.63) is 24.3 Å². The molecule has 20 heavy (non-hydrogen) atoms. The number of hydrogen-bond acceptors (Lipinski definition) is 3. The number of benzene rings is 1. The van der Waals surface area contributed by atoms with Crippen LogP contribution in [0, 0.1) is 0 Å². The summed E-state index contributed by atoms with van der Waals surface area (Å²) in [6.45, 7) is 1.17. The Morgan fingerprint density at radius 1 is 1.30 bits per heavy atom. The summed E-state index contributed by atoms with van der Waals surface area (Å²) < 4.78 is 26.6. The molecule has 0 aliphatic carbocycles. The van der Waals surface area contributed by atoms with Crippen molar-refractivity contribution >= 4 is 33.1 Å². The number of alkyl halides is 1. The second-order valence-electron chi connectivity index (χ2n) is 4.70. The molecular formula is C13H18ClN3O2S. The number of sulfonamides is 1. The molecule has 1 heterocycles. The molecule has 0 spiro atoms. The molecule has 0 bridgehead atoms. The van der Waals surface area contributed by atoms with Crippen LogP contribution >= 0.6 is 11.6 Å². The standard InChI is InChI=1S/C13H18ClN3O2S/c14-10-13(15)16-11-5-4-6-12(9-11)20(18,19)17-7-2-1-3-8-17/h4-6,9H,1-3,7-8,10H2,(H2,15,16). The number of rotatable bonds is 4. The third-order valence-corrected chi connectivity index (χ3v) is 5.35. The second-order valence-corrected chi connectivity index (χ2v) is 6.90. The van der Waals surface area contributed by atoms with E-state index in [1.165, 1.54) is 10.4 Å². The van der Waals surface area contributed by atoms with Crippen LogP contribution in [-0.2, 0) is 10.0 Å². The van der Waals surface area contributed by atoms with Gasteiger partial charge in [0.1, 0.15) is 5.84 Å². The summed E-state index contributed by atoms with van der Waals surface area (Å²) in [6, 6.07) is 6.48. The van der Waals surface area contributed by atoms with E-state index in [1.807, 2.05) is 0 Å². The van der Waals surface area contributed by atoms with Gasteiger partial charge >= 0.3 is 0 Å². The van der Waals surface area contributed by atoms with Crippen molar-refractivity contribution in [2.75, 3.05) is 19.0 Å². The molecule has 0 atom stereocenters. The highest BCUT2D eigenvalue weighted by atomic mass is 35.5. The molecule has 7 heteroatoms. The minimum absolute atomic E-state index is 0.114. The van der Waals surface area contributed by atoms with Gasteiger partial charge in [-0.15, -0.1) is 11.6 Å². The first-order chi connectivity index (χ1) is 9.54. The molecular weight excluding hydrogens is 298 g/mol. The summed E-state index contributed by atoms with van der Waals surface area (Å²) in [7, 11) is -3.44. The Balaban J connectivity index is 2.30. The molecule has 1 fully saturated rings. The van der Waals surface area contributed by atoms with E-state index in [-0.39, 0.29) is 16.6 Å². The van der Waals surface area contributed by atoms with Crippen molar-refractivity contribution in [1.29, 1.82) is 0 Å². The molecule has 0 radical (unpaired) electrons. The molecule has 1 aliphatic heterocycles. The summed E-state index contributed by atoms with van der Waals surface area (Å²) in [4.78, 5) is 4.33. The maximum Gasteiger partial charge on any atom is 0.243 e. The van der Waals surface area contributed by atoms with E-state index in [9.17, 15) is 8.42 Å². The monoisotopic (exact) mass is 315 g/mol. The van der Waals surface area contributed by atoms with E-state index in [4.69, 9.17) is 17.3 Å². The average Bonchev–Trinajstić information content (AvgIpc) is 2.48. The van der Waals surface area contributed by atoms with E-state index in [1.54, 1.807) is 18.2 Å². The van der Waals surface area contributed by atoms with Crippen molar-refractivity contribution in [3.63, 3.8) is 0 Å². The lowest BCUT2D eigenvalue weighted by atomic mass is 10.2. The fourth-order valence-corrected chi connectivity index (χ4v) is 3.78. The van der Waals surface area contributed by atoms with Crippen molar-refractivity contribution < 1.29 is 8.42 Å². The first-order valence-electron chi connectivity index (χ1n) is 6.53. The van der Waals surface area contributed by atoms with E-state index >= 15 is 0 Å². The highest BCUT2D eigenvalue weighted by Gasteiger charge is 2.25. The zero-order valence-corrected chi connectivity index (χ0v) is 12.7.